The van der Waals surface area contributed by atoms with E-state index in [4.69, 9.17) is 0 Å². The van der Waals surface area contributed by atoms with E-state index in [1.54, 1.807) is 39.5 Å². The Kier molecular flexibility index (Phi) is 7.64. The van der Waals surface area contributed by atoms with Crippen molar-refractivity contribution in [3.63, 3.8) is 0 Å². The Balaban J connectivity index is 0.00000288. The fourth-order valence-electron chi connectivity index (χ4n) is 2.41. The molecule has 1 aliphatic rings. The van der Waals surface area contributed by atoms with E-state index in [1.165, 1.54) is 0 Å². The van der Waals surface area contributed by atoms with E-state index < -0.39 is 14.6 Å². The average molecular weight is 468 g/mol. The Morgan fingerprint density at radius 1 is 1.38 bits per heavy atom. The molecule has 0 atom stereocenters. The molecule has 0 aromatic carbocycles. The molecule has 0 unspecified atom stereocenters. The van der Waals surface area contributed by atoms with Gasteiger partial charge in [0.05, 0.1) is 16.7 Å². The highest BCUT2D eigenvalue weighted by molar-refractivity contribution is 14.0. The summed E-state index contributed by atoms with van der Waals surface area (Å²) in [6.07, 6.45) is 4.91. The van der Waals surface area contributed by atoms with E-state index in [-0.39, 0.29) is 29.7 Å². The van der Waals surface area contributed by atoms with Crippen molar-refractivity contribution in [2.24, 2.45) is 4.99 Å². The van der Waals surface area contributed by atoms with E-state index in [0.29, 0.717) is 32.1 Å². The molecule has 1 saturated heterocycles. The first kappa shape index (κ1) is 20.9. The van der Waals surface area contributed by atoms with Crippen LogP contribution < -0.4 is 10.6 Å². The molecule has 1 fully saturated rings. The number of guanidine groups is 1. The summed E-state index contributed by atoms with van der Waals surface area (Å²) in [6, 6.07) is 0. The minimum absolute atomic E-state index is 0. The van der Waals surface area contributed by atoms with Crippen molar-refractivity contribution in [3.05, 3.63) is 18.6 Å². The van der Waals surface area contributed by atoms with Gasteiger partial charge < -0.3 is 15.5 Å². The largest absolute Gasteiger partial charge is 0.367 e. The molecule has 8 nitrogen and oxygen atoms in total. The van der Waals surface area contributed by atoms with Crippen LogP contribution in [0.25, 0.3) is 0 Å². The van der Waals surface area contributed by atoms with Gasteiger partial charge in [-0.3, -0.25) is 9.98 Å². The number of sulfone groups is 1. The summed E-state index contributed by atoms with van der Waals surface area (Å²) in [4.78, 5) is 14.4. The molecule has 0 aliphatic carbocycles. The van der Waals surface area contributed by atoms with Gasteiger partial charge in [-0.05, 0) is 13.8 Å². The fourth-order valence-corrected chi connectivity index (χ4v) is 3.78. The third-order valence-corrected chi connectivity index (χ3v) is 6.37. The zero-order valence-corrected chi connectivity index (χ0v) is 17.3. The highest BCUT2D eigenvalue weighted by Crippen LogP contribution is 2.23. The minimum Gasteiger partial charge on any atom is -0.367 e. The molecule has 10 heteroatoms. The molecule has 2 rings (SSSR count). The maximum Gasteiger partial charge on any atom is 0.193 e. The Morgan fingerprint density at radius 2 is 2.12 bits per heavy atom. The topological polar surface area (TPSA) is 99.6 Å². The lowest BCUT2D eigenvalue weighted by Gasteiger charge is -2.39. The Bertz CT molecular complexity index is 650. The Labute approximate surface area is 160 Å². The van der Waals surface area contributed by atoms with Gasteiger partial charge in [-0.25, -0.2) is 13.4 Å². The molecule has 1 aromatic rings. The van der Waals surface area contributed by atoms with E-state index in [9.17, 15) is 8.42 Å². The van der Waals surface area contributed by atoms with Crippen molar-refractivity contribution in [3.8, 4) is 0 Å². The van der Waals surface area contributed by atoms with Crippen LogP contribution in [0.2, 0.25) is 0 Å². The van der Waals surface area contributed by atoms with Crippen LogP contribution >= 0.6 is 24.0 Å². The lowest BCUT2D eigenvalue weighted by molar-refractivity contribution is 0.354. The highest BCUT2D eigenvalue weighted by Gasteiger charge is 2.40. The number of halogens is 1. The first-order chi connectivity index (χ1) is 10.9. The molecule has 0 spiro atoms. The van der Waals surface area contributed by atoms with Gasteiger partial charge >= 0.3 is 0 Å². The molecule has 0 bridgehead atoms. The molecular formula is C14H25IN6O2S. The number of hydrogen-bond acceptors (Lipinski definition) is 6. The lowest BCUT2D eigenvalue weighted by Crippen LogP contribution is -2.57. The second-order valence-electron chi connectivity index (χ2n) is 5.99. The van der Waals surface area contributed by atoms with Crippen LogP contribution in [0.1, 0.15) is 13.8 Å². The van der Waals surface area contributed by atoms with Crippen LogP contribution in [-0.4, -0.2) is 73.0 Å². The second kappa shape index (κ2) is 8.79. The summed E-state index contributed by atoms with van der Waals surface area (Å²) in [6.45, 7) is 5.73. The first-order valence-corrected chi connectivity index (χ1v) is 9.19. The maximum atomic E-state index is 12.1. The third-order valence-electron chi connectivity index (χ3n) is 3.83. The molecule has 1 aliphatic heterocycles. The van der Waals surface area contributed by atoms with Crippen molar-refractivity contribution >= 4 is 45.6 Å². The summed E-state index contributed by atoms with van der Waals surface area (Å²) in [5.74, 6) is 1.59. The molecule has 1 aromatic heterocycles. The number of anilines is 1. The minimum atomic E-state index is -3.05. The van der Waals surface area contributed by atoms with Gasteiger partial charge in [-0.2, -0.15) is 0 Å². The summed E-state index contributed by atoms with van der Waals surface area (Å²) in [5.41, 5.74) is 0. The van der Waals surface area contributed by atoms with E-state index in [1.807, 2.05) is 4.90 Å². The van der Waals surface area contributed by atoms with Crippen molar-refractivity contribution < 1.29 is 8.42 Å². The predicted octanol–water partition coefficient (Wildman–Crippen LogP) is 0.591. The van der Waals surface area contributed by atoms with Crippen molar-refractivity contribution in [2.75, 3.05) is 44.3 Å². The number of rotatable bonds is 4. The van der Waals surface area contributed by atoms with Crippen LogP contribution in [0.15, 0.2) is 23.6 Å². The van der Waals surface area contributed by atoms with Crippen molar-refractivity contribution in [1.29, 1.82) is 0 Å². The average Bonchev–Trinajstić information content (AvgIpc) is 2.51. The normalized spacial score (nSPS) is 19.3. The highest BCUT2D eigenvalue weighted by atomic mass is 127. The molecule has 2 heterocycles. The quantitative estimate of drug-likeness (QED) is 0.289. The molecule has 2 N–H and O–H groups in total. The number of aliphatic imine (C=N–C) groups is 1. The van der Waals surface area contributed by atoms with Gasteiger partial charge in [0.2, 0.25) is 0 Å². The monoisotopic (exact) mass is 468 g/mol. The molecule has 0 amide bonds. The summed E-state index contributed by atoms with van der Waals surface area (Å²) < 4.78 is 23.4. The summed E-state index contributed by atoms with van der Waals surface area (Å²) in [5, 5.41) is 6.40. The standard InChI is InChI=1S/C14H24N6O2S.HI/c1-14(2)11-20(8-9-23(14,21)22)13(15-3)19-7-6-18-12-10-16-4-5-17-12;/h4-5,10H,6-9,11H2,1-3H3,(H,15,19)(H,17,18);1H. The Morgan fingerprint density at radius 3 is 2.71 bits per heavy atom. The van der Waals surface area contributed by atoms with Gasteiger partial charge in [0.25, 0.3) is 0 Å². The van der Waals surface area contributed by atoms with Crippen molar-refractivity contribution in [1.82, 2.24) is 20.2 Å². The summed E-state index contributed by atoms with van der Waals surface area (Å²) in [7, 11) is -1.35. The van der Waals surface area contributed by atoms with E-state index in [2.05, 4.69) is 25.6 Å². The number of hydrogen-bond donors (Lipinski definition) is 2. The smallest absolute Gasteiger partial charge is 0.193 e. The molecule has 0 saturated carbocycles. The zero-order chi connectivity index (χ0) is 16.9. The van der Waals surface area contributed by atoms with E-state index >= 15 is 0 Å². The maximum absolute atomic E-state index is 12.1. The van der Waals surface area contributed by atoms with Crippen LogP contribution in [0, 0.1) is 0 Å². The predicted molar refractivity (Wildman–Crippen MR) is 107 cm³/mol. The molecule has 24 heavy (non-hydrogen) atoms. The lowest BCUT2D eigenvalue weighted by atomic mass is 10.2. The first-order valence-electron chi connectivity index (χ1n) is 7.53. The fraction of sp³-hybridized carbons (Fsp3) is 0.643. The SMILES string of the molecule is CN=C(NCCNc1cnccn1)N1CCS(=O)(=O)C(C)(C)C1.I. The van der Waals surface area contributed by atoms with Gasteiger partial charge in [0.15, 0.2) is 15.8 Å². The second-order valence-corrected chi connectivity index (χ2v) is 8.73. The third kappa shape index (κ3) is 5.16. The van der Waals surface area contributed by atoms with E-state index in [0.717, 1.165) is 5.82 Å². The van der Waals surface area contributed by atoms with Gasteiger partial charge in [-0.15, -0.1) is 24.0 Å². The number of aromatic nitrogens is 2. The van der Waals surface area contributed by atoms with Crippen LogP contribution in [0.4, 0.5) is 5.82 Å². The zero-order valence-electron chi connectivity index (χ0n) is 14.2. The number of nitrogens with one attached hydrogen (secondary N) is 2. The molecule has 136 valence electrons. The van der Waals surface area contributed by atoms with Crippen molar-refractivity contribution in [2.45, 2.75) is 18.6 Å². The van der Waals surface area contributed by atoms with Gasteiger partial charge in [-0.1, -0.05) is 0 Å². The molecular weight excluding hydrogens is 443 g/mol. The van der Waals surface area contributed by atoms with Crippen LogP contribution in [0.3, 0.4) is 0 Å². The van der Waals surface area contributed by atoms with Gasteiger partial charge in [0, 0.05) is 45.6 Å². The summed E-state index contributed by atoms with van der Waals surface area (Å²) >= 11 is 0. The van der Waals surface area contributed by atoms with Gasteiger partial charge in [0.1, 0.15) is 5.82 Å². The molecule has 0 radical (unpaired) electrons. The van der Waals surface area contributed by atoms with Crippen LogP contribution in [0.5, 0.6) is 0 Å². The van der Waals surface area contributed by atoms with Crippen LogP contribution in [-0.2, 0) is 9.84 Å². The number of nitrogens with zero attached hydrogens (tertiary/aromatic N) is 4. The Hall–Kier alpha value is -1.17.